The zero-order chi connectivity index (χ0) is 15.2. The van der Waals surface area contributed by atoms with E-state index in [9.17, 15) is 0 Å². The lowest BCUT2D eigenvalue weighted by Gasteiger charge is -2.19. The number of hydrogen-bond acceptors (Lipinski definition) is 1. The van der Waals surface area contributed by atoms with Crippen LogP contribution in [0.25, 0.3) is 0 Å². The maximum Gasteiger partial charge on any atom is 0.119 e. The fraction of sp³-hybridized carbons (Fsp3) is 0.429. The number of rotatable bonds is 8. The van der Waals surface area contributed by atoms with Crippen LogP contribution in [-0.2, 0) is 19.3 Å². The molecule has 0 N–H and O–H groups in total. The molecule has 0 saturated heterocycles. The fourth-order valence-corrected chi connectivity index (χ4v) is 2.99. The Morgan fingerprint density at radius 1 is 0.818 bits per heavy atom. The molecule has 0 aliphatic heterocycles. The van der Waals surface area contributed by atoms with Gasteiger partial charge in [0, 0.05) is 0 Å². The molecule has 1 nitrogen and oxygen atoms in total. The Kier molecular flexibility index (Phi) is 5.15. The SMILES string of the molecule is Cc1ccc(CCCCCCOc2ccc3c(c2)CC3)cc1. The largest absolute Gasteiger partial charge is 0.494 e. The van der Waals surface area contributed by atoms with Gasteiger partial charge in [0.1, 0.15) is 5.75 Å². The van der Waals surface area contributed by atoms with Crippen molar-refractivity contribution in [3.05, 3.63) is 64.7 Å². The van der Waals surface area contributed by atoms with E-state index in [-0.39, 0.29) is 0 Å². The van der Waals surface area contributed by atoms with Gasteiger partial charge >= 0.3 is 0 Å². The molecule has 1 aliphatic rings. The van der Waals surface area contributed by atoms with Crippen LogP contribution >= 0.6 is 0 Å². The molecule has 2 aromatic carbocycles. The van der Waals surface area contributed by atoms with E-state index in [4.69, 9.17) is 4.74 Å². The van der Waals surface area contributed by atoms with E-state index < -0.39 is 0 Å². The van der Waals surface area contributed by atoms with Gasteiger partial charge in [-0.2, -0.15) is 0 Å². The zero-order valence-electron chi connectivity index (χ0n) is 13.6. The molecule has 0 heterocycles. The summed E-state index contributed by atoms with van der Waals surface area (Å²) in [5, 5.41) is 0. The third-order valence-electron chi connectivity index (χ3n) is 4.59. The summed E-state index contributed by atoms with van der Waals surface area (Å²) >= 11 is 0. The summed E-state index contributed by atoms with van der Waals surface area (Å²) < 4.78 is 5.85. The number of fused-ring (bicyclic) bond motifs is 1. The topological polar surface area (TPSA) is 9.23 Å². The number of unbranched alkanes of at least 4 members (excludes halogenated alkanes) is 3. The molecular weight excluding hydrogens is 268 g/mol. The smallest absolute Gasteiger partial charge is 0.119 e. The van der Waals surface area contributed by atoms with Crippen LogP contribution in [0, 0.1) is 6.92 Å². The summed E-state index contributed by atoms with van der Waals surface area (Å²) in [6.45, 7) is 2.99. The second kappa shape index (κ2) is 7.49. The fourth-order valence-electron chi connectivity index (χ4n) is 2.99. The number of hydrogen-bond donors (Lipinski definition) is 0. The normalized spacial score (nSPS) is 12.6. The highest BCUT2D eigenvalue weighted by molar-refractivity contribution is 5.41. The van der Waals surface area contributed by atoms with E-state index in [0.29, 0.717) is 0 Å². The molecule has 116 valence electrons. The third-order valence-corrected chi connectivity index (χ3v) is 4.59. The van der Waals surface area contributed by atoms with Gasteiger partial charge in [0.15, 0.2) is 0 Å². The first-order valence-corrected chi connectivity index (χ1v) is 8.61. The summed E-state index contributed by atoms with van der Waals surface area (Å²) in [5.41, 5.74) is 5.79. The van der Waals surface area contributed by atoms with E-state index >= 15 is 0 Å². The second-order valence-electron chi connectivity index (χ2n) is 6.43. The summed E-state index contributed by atoms with van der Waals surface area (Å²) in [6.07, 6.45) is 8.67. The molecule has 22 heavy (non-hydrogen) atoms. The van der Waals surface area contributed by atoms with E-state index in [1.807, 2.05) is 0 Å². The minimum atomic E-state index is 0.851. The lowest BCUT2D eigenvalue weighted by atomic mass is 9.89. The minimum Gasteiger partial charge on any atom is -0.494 e. The van der Waals surface area contributed by atoms with Crippen LogP contribution in [-0.4, -0.2) is 6.61 Å². The Hall–Kier alpha value is -1.76. The van der Waals surface area contributed by atoms with Crippen LogP contribution in [0.3, 0.4) is 0 Å². The lowest BCUT2D eigenvalue weighted by molar-refractivity contribution is 0.304. The van der Waals surface area contributed by atoms with Gasteiger partial charge in [-0.25, -0.2) is 0 Å². The average molecular weight is 294 g/mol. The summed E-state index contributed by atoms with van der Waals surface area (Å²) in [7, 11) is 0. The van der Waals surface area contributed by atoms with Gasteiger partial charge < -0.3 is 4.74 Å². The van der Waals surface area contributed by atoms with Crippen LogP contribution in [0.15, 0.2) is 42.5 Å². The van der Waals surface area contributed by atoms with E-state index in [0.717, 1.165) is 18.8 Å². The number of benzene rings is 2. The predicted octanol–water partition coefficient (Wildman–Crippen LogP) is 5.28. The van der Waals surface area contributed by atoms with Crippen molar-refractivity contribution in [2.75, 3.05) is 6.61 Å². The van der Waals surface area contributed by atoms with Crippen LogP contribution in [0.1, 0.15) is 47.9 Å². The van der Waals surface area contributed by atoms with Crippen molar-refractivity contribution >= 4 is 0 Å². The summed E-state index contributed by atoms with van der Waals surface area (Å²) in [4.78, 5) is 0. The van der Waals surface area contributed by atoms with Gasteiger partial charge in [0.2, 0.25) is 0 Å². The maximum atomic E-state index is 5.85. The highest BCUT2D eigenvalue weighted by Gasteiger charge is 2.12. The van der Waals surface area contributed by atoms with Crippen molar-refractivity contribution in [1.82, 2.24) is 0 Å². The van der Waals surface area contributed by atoms with Gasteiger partial charge in [0.25, 0.3) is 0 Å². The molecule has 3 rings (SSSR count). The zero-order valence-corrected chi connectivity index (χ0v) is 13.6. The molecular formula is C21H26O. The highest BCUT2D eigenvalue weighted by Crippen LogP contribution is 2.27. The average Bonchev–Trinajstić information content (AvgIpc) is 2.50. The molecule has 0 unspecified atom stereocenters. The molecule has 0 atom stereocenters. The first kappa shape index (κ1) is 15.1. The Bertz CT molecular complexity index is 598. The molecule has 0 bridgehead atoms. The van der Waals surface area contributed by atoms with Gasteiger partial charge in [0.05, 0.1) is 6.61 Å². The monoisotopic (exact) mass is 294 g/mol. The molecule has 0 radical (unpaired) electrons. The molecule has 1 aliphatic carbocycles. The van der Waals surface area contributed by atoms with Crippen molar-refractivity contribution in [3.63, 3.8) is 0 Å². The molecule has 0 spiro atoms. The van der Waals surface area contributed by atoms with Gasteiger partial charge in [-0.15, -0.1) is 0 Å². The Labute approximate surface area is 134 Å². The number of ether oxygens (including phenoxy) is 1. The van der Waals surface area contributed by atoms with Crippen molar-refractivity contribution in [2.24, 2.45) is 0 Å². The highest BCUT2D eigenvalue weighted by atomic mass is 16.5. The van der Waals surface area contributed by atoms with Crippen LogP contribution < -0.4 is 4.74 Å². The van der Waals surface area contributed by atoms with Crippen LogP contribution in [0.4, 0.5) is 0 Å². The van der Waals surface area contributed by atoms with Gasteiger partial charge in [-0.3, -0.25) is 0 Å². The van der Waals surface area contributed by atoms with Crippen LogP contribution in [0.5, 0.6) is 5.75 Å². The molecule has 2 aromatic rings. The quantitative estimate of drug-likeness (QED) is 0.602. The van der Waals surface area contributed by atoms with Gasteiger partial charge in [-0.05, 0) is 67.9 Å². The van der Waals surface area contributed by atoms with Crippen molar-refractivity contribution in [1.29, 1.82) is 0 Å². The molecule has 0 aromatic heterocycles. The first-order chi connectivity index (χ1) is 10.8. The van der Waals surface area contributed by atoms with Crippen molar-refractivity contribution < 1.29 is 4.74 Å². The maximum absolute atomic E-state index is 5.85. The van der Waals surface area contributed by atoms with Crippen molar-refractivity contribution in [2.45, 2.75) is 51.9 Å². The van der Waals surface area contributed by atoms with Crippen LogP contribution in [0.2, 0.25) is 0 Å². The van der Waals surface area contributed by atoms with E-state index in [1.165, 1.54) is 60.8 Å². The second-order valence-corrected chi connectivity index (χ2v) is 6.43. The predicted molar refractivity (Wildman–Crippen MR) is 92.7 cm³/mol. The minimum absolute atomic E-state index is 0.851. The summed E-state index contributed by atoms with van der Waals surface area (Å²) in [5.74, 6) is 1.05. The first-order valence-electron chi connectivity index (χ1n) is 8.61. The number of aryl methyl sites for hydroxylation is 4. The van der Waals surface area contributed by atoms with Crippen molar-refractivity contribution in [3.8, 4) is 5.75 Å². The van der Waals surface area contributed by atoms with E-state index in [2.05, 4.69) is 49.4 Å². The Balaban J connectivity index is 1.26. The third kappa shape index (κ3) is 4.13. The Morgan fingerprint density at radius 3 is 2.32 bits per heavy atom. The molecule has 0 fully saturated rings. The molecule has 1 heteroatoms. The molecule has 0 saturated carbocycles. The molecule has 0 amide bonds. The summed E-state index contributed by atoms with van der Waals surface area (Å²) in [6, 6.07) is 15.5. The van der Waals surface area contributed by atoms with Gasteiger partial charge in [-0.1, -0.05) is 48.7 Å². The standard InChI is InChI=1S/C21H26O/c1-17-7-9-18(10-8-17)6-4-2-3-5-15-22-21-14-13-19-11-12-20(19)16-21/h7-10,13-14,16H,2-6,11-12,15H2,1H3. The Morgan fingerprint density at radius 2 is 1.59 bits per heavy atom. The lowest BCUT2D eigenvalue weighted by Crippen LogP contribution is -2.08. The van der Waals surface area contributed by atoms with E-state index in [1.54, 1.807) is 0 Å².